The van der Waals surface area contributed by atoms with Gasteiger partial charge in [-0.1, -0.05) is 94.4 Å². The third kappa shape index (κ3) is 3.95. The Hall–Kier alpha value is -5.80. The molecule has 0 aliphatic heterocycles. The topological polar surface area (TPSA) is 23.0 Å². The van der Waals surface area contributed by atoms with Crippen molar-refractivity contribution in [2.45, 2.75) is 51.4 Å². The number of furan rings is 1. The second-order valence-electron chi connectivity index (χ2n) is 16.0. The average Bonchev–Trinajstić information content (AvgIpc) is 3.79. The van der Waals surface area contributed by atoms with Crippen molar-refractivity contribution in [3.63, 3.8) is 0 Å². The van der Waals surface area contributed by atoms with Crippen molar-refractivity contribution in [2.24, 2.45) is 0 Å². The second-order valence-corrected chi connectivity index (χ2v) is 16.0. The first-order valence-corrected chi connectivity index (χ1v) is 18.2. The number of hydrogen-bond acceptors (Lipinski definition) is 1. The van der Waals surface area contributed by atoms with Crippen LogP contribution in [0.2, 0.25) is 0 Å². The highest BCUT2D eigenvalue weighted by atomic mass is 16.3. The van der Waals surface area contributed by atoms with Crippen molar-refractivity contribution in [3.05, 3.63) is 145 Å². The van der Waals surface area contributed by atoms with E-state index < -0.39 is 0 Å². The van der Waals surface area contributed by atoms with Crippen LogP contribution in [-0.4, -0.2) is 9.13 Å². The van der Waals surface area contributed by atoms with Crippen LogP contribution in [0.15, 0.2) is 138 Å². The molecule has 10 aromatic rings. The first kappa shape index (κ1) is 29.0. The molecule has 0 spiro atoms. The van der Waals surface area contributed by atoms with Gasteiger partial charge in [0.05, 0.1) is 22.1 Å². The molecule has 1 aliphatic rings. The van der Waals surface area contributed by atoms with E-state index in [-0.39, 0.29) is 10.8 Å². The Kier molecular flexibility index (Phi) is 5.64. The molecule has 3 heteroatoms. The van der Waals surface area contributed by atoms with Gasteiger partial charge < -0.3 is 13.6 Å². The summed E-state index contributed by atoms with van der Waals surface area (Å²) in [5, 5.41) is 9.95. The number of benzene rings is 7. The summed E-state index contributed by atoms with van der Waals surface area (Å²) < 4.78 is 11.3. The molecule has 0 saturated carbocycles. The van der Waals surface area contributed by atoms with Gasteiger partial charge in [0.2, 0.25) is 0 Å². The van der Waals surface area contributed by atoms with Crippen LogP contribution >= 0.6 is 0 Å². The molecule has 0 saturated heterocycles. The fourth-order valence-electron chi connectivity index (χ4n) is 9.34. The zero-order chi connectivity index (χ0) is 34.2. The zero-order valence-corrected chi connectivity index (χ0v) is 29.4. The second kappa shape index (κ2) is 9.92. The van der Waals surface area contributed by atoms with Gasteiger partial charge in [-0.2, -0.15) is 0 Å². The van der Waals surface area contributed by atoms with Gasteiger partial charge in [-0.3, -0.25) is 0 Å². The highest BCUT2D eigenvalue weighted by molar-refractivity contribution is 6.25. The largest absolute Gasteiger partial charge is 0.456 e. The summed E-state index contributed by atoms with van der Waals surface area (Å²) in [6, 6.07) is 49.4. The summed E-state index contributed by atoms with van der Waals surface area (Å²) >= 11 is 0. The summed E-state index contributed by atoms with van der Waals surface area (Å²) in [7, 11) is 0. The van der Waals surface area contributed by atoms with Crippen LogP contribution < -0.4 is 0 Å². The SMILES string of the molecule is CC1(C)CCC(C)(C)c2cc3c(cc21)c1cc2c(cc1n3-c1ccccc1)c1c3ccccc3ccc1n2-c1ccc2oc3ccccc3c2c1. The molecule has 0 atom stereocenters. The molecular weight excluding hydrogens is 621 g/mol. The van der Waals surface area contributed by atoms with E-state index in [9.17, 15) is 0 Å². The lowest BCUT2D eigenvalue weighted by atomic mass is 9.63. The van der Waals surface area contributed by atoms with E-state index in [4.69, 9.17) is 4.42 Å². The maximum Gasteiger partial charge on any atom is 0.135 e. The molecule has 1 aliphatic carbocycles. The van der Waals surface area contributed by atoms with Crippen molar-refractivity contribution < 1.29 is 4.42 Å². The Bertz CT molecular complexity index is 3080. The zero-order valence-electron chi connectivity index (χ0n) is 29.4. The predicted molar refractivity (Wildman–Crippen MR) is 215 cm³/mol. The quantitative estimate of drug-likeness (QED) is 0.181. The maximum atomic E-state index is 6.27. The first-order valence-electron chi connectivity index (χ1n) is 18.2. The fraction of sp³-hybridized carbons (Fsp3) is 0.167. The Balaban J connectivity index is 1.33. The van der Waals surface area contributed by atoms with Crippen molar-refractivity contribution >= 4 is 76.3 Å². The Morgan fingerprint density at radius 1 is 0.431 bits per heavy atom. The fourth-order valence-corrected chi connectivity index (χ4v) is 9.34. The molecule has 0 amide bonds. The summed E-state index contributed by atoms with van der Waals surface area (Å²) in [4.78, 5) is 0. The molecule has 3 aromatic heterocycles. The van der Waals surface area contributed by atoms with Crippen molar-refractivity contribution in [2.75, 3.05) is 0 Å². The molecule has 0 fully saturated rings. The maximum absolute atomic E-state index is 6.27. The van der Waals surface area contributed by atoms with Gasteiger partial charge in [-0.05, 0) is 112 Å². The number of hydrogen-bond donors (Lipinski definition) is 0. The van der Waals surface area contributed by atoms with Crippen LogP contribution in [0.25, 0.3) is 87.7 Å². The summed E-state index contributed by atoms with van der Waals surface area (Å²) in [6.45, 7) is 9.72. The summed E-state index contributed by atoms with van der Waals surface area (Å²) in [5.74, 6) is 0. The highest BCUT2D eigenvalue weighted by Crippen LogP contribution is 2.49. The highest BCUT2D eigenvalue weighted by Gasteiger charge is 2.38. The van der Waals surface area contributed by atoms with Crippen LogP contribution in [0, 0.1) is 0 Å². The van der Waals surface area contributed by atoms with Gasteiger partial charge in [0, 0.05) is 43.7 Å². The number of nitrogens with zero attached hydrogens (tertiary/aromatic N) is 2. The minimum Gasteiger partial charge on any atom is -0.456 e. The lowest BCUT2D eigenvalue weighted by molar-refractivity contribution is 0.332. The van der Waals surface area contributed by atoms with Gasteiger partial charge in [0.25, 0.3) is 0 Å². The minimum atomic E-state index is 0.112. The molecule has 11 rings (SSSR count). The number of fused-ring (bicyclic) bond motifs is 12. The molecule has 0 bridgehead atoms. The van der Waals surface area contributed by atoms with Crippen LogP contribution in [-0.2, 0) is 10.8 Å². The van der Waals surface area contributed by atoms with E-state index in [1.54, 1.807) is 0 Å². The molecule has 0 N–H and O–H groups in total. The van der Waals surface area contributed by atoms with E-state index in [2.05, 4.69) is 164 Å². The summed E-state index contributed by atoms with van der Waals surface area (Å²) in [6.07, 6.45) is 2.38. The van der Waals surface area contributed by atoms with E-state index in [0.717, 1.165) is 27.6 Å². The molecule has 7 aromatic carbocycles. The Morgan fingerprint density at radius 2 is 1.04 bits per heavy atom. The first-order chi connectivity index (χ1) is 24.8. The molecular formula is C48H38N2O. The standard InChI is InChI=1S/C48H38N2O/c1-47(2)22-23-48(3,4)39-28-43-34(25-38(39)47)35-26-42-37(27-41(35)49(43)30-13-6-5-7-14-30)46-32-15-9-8-12-29(32)18-20-40(46)50(42)31-19-21-45-36(24-31)33-16-10-11-17-44(33)51-45/h5-21,24-28H,22-23H2,1-4H3. The van der Waals surface area contributed by atoms with Crippen LogP contribution in [0.5, 0.6) is 0 Å². The number of rotatable bonds is 2. The lowest BCUT2D eigenvalue weighted by Gasteiger charge is -2.42. The molecule has 3 nitrogen and oxygen atoms in total. The minimum absolute atomic E-state index is 0.112. The Morgan fingerprint density at radius 3 is 1.86 bits per heavy atom. The normalized spacial score (nSPS) is 15.6. The van der Waals surface area contributed by atoms with E-state index in [1.165, 1.54) is 84.0 Å². The van der Waals surface area contributed by atoms with Gasteiger partial charge in [0.15, 0.2) is 0 Å². The molecule has 0 unspecified atom stereocenters. The van der Waals surface area contributed by atoms with E-state index in [1.807, 2.05) is 6.07 Å². The van der Waals surface area contributed by atoms with Gasteiger partial charge >= 0.3 is 0 Å². The van der Waals surface area contributed by atoms with Crippen LogP contribution in [0.3, 0.4) is 0 Å². The van der Waals surface area contributed by atoms with Gasteiger partial charge in [0.1, 0.15) is 11.2 Å². The average molecular weight is 659 g/mol. The smallest absolute Gasteiger partial charge is 0.135 e. The van der Waals surface area contributed by atoms with Crippen LogP contribution in [0.4, 0.5) is 0 Å². The van der Waals surface area contributed by atoms with Crippen molar-refractivity contribution in [3.8, 4) is 11.4 Å². The third-order valence-electron chi connectivity index (χ3n) is 12.1. The third-order valence-corrected chi connectivity index (χ3v) is 12.1. The van der Waals surface area contributed by atoms with Crippen LogP contribution in [0.1, 0.15) is 51.7 Å². The van der Waals surface area contributed by atoms with E-state index >= 15 is 0 Å². The molecule has 0 radical (unpaired) electrons. The number of aromatic nitrogens is 2. The van der Waals surface area contributed by atoms with Crippen molar-refractivity contribution in [1.29, 1.82) is 0 Å². The lowest BCUT2D eigenvalue weighted by Crippen LogP contribution is -2.33. The van der Waals surface area contributed by atoms with E-state index in [0.29, 0.717) is 0 Å². The molecule has 246 valence electrons. The van der Waals surface area contributed by atoms with Gasteiger partial charge in [-0.15, -0.1) is 0 Å². The summed E-state index contributed by atoms with van der Waals surface area (Å²) in [5.41, 5.74) is 12.3. The number of para-hydroxylation sites is 2. The van der Waals surface area contributed by atoms with Crippen molar-refractivity contribution in [1.82, 2.24) is 9.13 Å². The monoisotopic (exact) mass is 658 g/mol. The van der Waals surface area contributed by atoms with Gasteiger partial charge in [-0.25, -0.2) is 0 Å². The predicted octanol–water partition coefficient (Wildman–Crippen LogP) is 13.3. The molecule has 3 heterocycles. The Labute approximate surface area is 296 Å². The molecule has 51 heavy (non-hydrogen) atoms.